The first-order valence-electron chi connectivity index (χ1n) is 5.42. The molecule has 0 radical (unpaired) electrons. The molecule has 6 nitrogen and oxygen atoms in total. The van der Waals surface area contributed by atoms with E-state index in [4.69, 9.17) is 9.84 Å². The third kappa shape index (κ3) is 2.34. The topological polar surface area (TPSA) is 83.9 Å². The molecular formula is C11H12FNO5S. The minimum absolute atomic E-state index is 0.0256. The molecule has 0 spiro atoms. The van der Waals surface area contributed by atoms with E-state index in [9.17, 15) is 17.6 Å². The van der Waals surface area contributed by atoms with E-state index < -0.39 is 27.4 Å². The highest BCUT2D eigenvalue weighted by Crippen LogP contribution is 2.32. The van der Waals surface area contributed by atoms with Crippen LogP contribution in [0.2, 0.25) is 0 Å². The summed E-state index contributed by atoms with van der Waals surface area (Å²) < 4.78 is 43.7. The number of sulfonamides is 1. The first-order valence-corrected chi connectivity index (χ1v) is 6.86. The van der Waals surface area contributed by atoms with E-state index in [-0.39, 0.29) is 30.2 Å². The summed E-state index contributed by atoms with van der Waals surface area (Å²) in [6.45, 7) is 0.372. The molecule has 19 heavy (non-hydrogen) atoms. The summed E-state index contributed by atoms with van der Waals surface area (Å²) in [6, 6.07) is 1.83. The molecule has 0 amide bonds. The summed E-state index contributed by atoms with van der Waals surface area (Å²) in [5, 5.41) is 8.81. The summed E-state index contributed by atoms with van der Waals surface area (Å²) in [6.07, 6.45) is 0. The molecule has 0 atom stereocenters. The van der Waals surface area contributed by atoms with Crippen molar-refractivity contribution in [1.29, 1.82) is 0 Å². The number of fused-ring (bicyclic) bond motifs is 1. The molecule has 1 N–H and O–H groups in total. The van der Waals surface area contributed by atoms with E-state index in [0.29, 0.717) is 0 Å². The molecule has 1 aromatic rings. The lowest BCUT2D eigenvalue weighted by Crippen LogP contribution is -2.27. The fourth-order valence-corrected chi connectivity index (χ4v) is 3.55. The molecule has 0 saturated heterocycles. The van der Waals surface area contributed by atoms with Crippen LogP contribution in [0.1, 0.15) is 15.9 Å². The monoisotopic (exact) mass is 289 g/mol. The molecule has 1 aromatic carbocycles. The first kappa shape index (κ1) is 13.9. The fraction of sp³-hybridized carbons (Fsp3) is 0.364. The lowest BCUT2D eigenvalue weighted by atomic mass is 10.1. The zero-order valence-electron chi connectivity index (χ0n) is 10.1. The Morgan fingerprint density at radius 1 is 1.53 bits per heavy atom. The molecule has 8 heteroatoms. The summed E-state index contributed by atoms with van der Waals surface area (Å²) in [4.78, 5) is 10.7. The van der Waals surface area contributed by atoms with Gasteiger partial charge in [0.1, 0.15) is 5.82 Å². The van der Waals surface area contributed by atoms with Gasteiger partial charge in [0, 0.05) is 20.2 Å². The van der Waals surface area contributed by atoms with Crippen LogP contribution in [0.4, 0.5) is 4.39 Å². The second-order valence-electron chi connectivity index (χ2n) is 4.08. The van der Waals surface area contributed by atoms with Crippen molar-refractivity contribution in [3.63, 3.8) is 0 Å². The zero-order valence-corrected chi connectivity index (χ0v) is 10.9. The molecule has 0 bridgehead atoms. The number of ether oxygens (including phenoxy) is 1. The van der Waals surface area contributed by atoms with Gasteiger partial charge in [0.2, 0.25) is 10.0 Å². The van der Waals surface area contributed by atoms with E-state index in [1.807, 2.05) is 0 Å². The van der Waals surface area contributed by atoms with Crippen molar-refractivity contribution >= 4 is 16.0 Å². The van der Waals surface area contributed by atoms with Crippen LogP contribution in [0.25, 0.3) is 0 Å². The number of halogens is 1. The number of carboxylic acids is 1. The fourth-order valence-electron chi connectivity index (χ4n) is 1.93. The highest BCUT2D eigenvalue weighted by Gasteiger charge is 2.36. The first-order chi connectivity index (χ1) is 8.87. The van der Waals surface area contributed by atoms with Crippen LogP contribution in [0.5, 0.6) is 0 Å². The molecule has 2 rings (SSSR count). The van der Waals surface area contributed by atoms with E-state index in [1.165, 1.54) is 7.11 Å². The van der Waals surface area contributed by atoms with Crippen molar-refractivity contribution in [3.05, 3.63) is 29.1 Å². The Bertz CT molecular complexity index is 628. The van der Waals surface area contributed by atoms with Gasteiger partial charge >= 0.3 is 5.97 Å². The van der Waals surface area contributed by atoms with Gasteiger partial charge in [-0.25, -0.2) is 17.6 Å². The SMILES string of the molecule is COCCN1Cc2cc(F)c(C(=O)O)cc2S1(=O)=O. The third-order valence-electron chi connectivity index (χ3n) is 2.89. The van der Waals surface area contributed by atoms with Gasteiger partial charge in [-0.05, 0) is 17.7 Å². The molecule has 0 aliphatic carbocycles. The molecule has 0 unspecified atom stereocenters. The second-order valence-corrected chi connectivity index (χ2v) is 5.98. The summed E-state index contributed by atoms with van der Waals surface area (Å²) >= 11 is 0. The minimum atomic E-state index is -3.77. The molecule has 0 aromatic heterocycles. The molecule has 0 fully saturated rings. The van der Waals surface area contributed by atoms with E-state index in [1.54, 1.807) is 0 Å². The Balaban J connectivity index is 2.46. The van der Waals surface area contributed by atoms with Crippen LogP contribution in [0, 0.1) is 5.82 Å². The third-order valence-corrected chi connectivity index (χ3v) is 4.82. The van der Waals surface area contributed by atoms with Crippen LogP contribution in [0.3, 0.4) is 0 Å². The normalized spacial score (nSPS) is 17.4. The van der Waals surface area contributed by atoms with Crippen molar-refractivity contribution in [3.8, 4) is 0 Å². The highest BCUT2D eigenvalue weighted by atomic mass is 32.2. The van der Waals surface area contributed by atoms with Crippen molar-refractivity contribution < 1.29 is 27.4 Å². The van der Waals surface area contributed by atoms with E-state index >= 15 is 0 Å². The van der Waals surface area contributed by atoms with Gasteiger partial charge in [-0.2, -0.15) is 4.31 Å². The van der Waals surface area contributed by atoms with Crippen LogP contribution in [-0.2, 0) is 21.3 Å². The number of rotatable bonds is 4. The minimum Gasteiger partial charge on any atom is -0.478 e. The van der Waals surface area contributed by atoms with Crippen molar-refractivity contribution in [2.24, 2.45) is 0 Å². The van der Waals surface area contributed by atoms with Crippen molar-refractivity contribution in [2.45, 2.75) is 11.4 Å². The molecule has 0 saturated carbocycles. The summed E-state index contributed by atoms with van der Waals surface area (Å²) in [5.41, 5.74) is -0.380. The Morgan fingerprint density at radius 3 is 2.79 bits per heavy atom. The average molecular weight is 289 g/mol. The summed E-state index contributed by atoms with van der Waals surface area (Å²) in [7, 11) is -2.33. The maximum atomic E-state index is 13.5. The number of methoxy groups -OCH3 is 1. The number of carboxylic acid groups (broad SMARTS) is 1. The average Bonchev–Trinajstić information content (AvgIpc) is 2.56. The lowest BCUT2D eigenvalue weighted by Gasteiger charge is -2.13. The molecule has 1 aliphatic heterocycles. The van der Waals surface area contributed by atoms with Gasteiger partial charge in [-0.1, -0.05) is 0 Å². The largest absolute Gasteiger partial charge is 0.478 e. The standard InChI is InChI=1S/C11H12FNO5S/c1-18-3-2-13-6-7-4-9(12)8(11(14)15)5-10(7)19(13,16)17/h4-5H,2-3,6H2,1H3,(H,14,15). The smallest absolute Gasteiger partial charge is 0.338 e. The number of benzene rings is 1. The second kappa shape index (κ2) is 4.87. The number of hydrogen-bond donors (Lipinski definition) is 1. The Hall–Kier alpha value is -1.51. The molecule has 1 aliphatic rings. The van der Waals surface area contributed by atoms with Gasteiger partial charge in [0.25, 0.3) is 0 Å². The van der Waals surface area contributed by atoms with Crippen molar-refractivity contribution in [2.75, 3.05) is 20.3 Å². The Labute approximate surface area is 109 Å². The zero-order chi connectivity index (χ0) is 14.2. The van der Waals surface area contributed by atoms with E-state index in [0.717, 1.165) is 16.4 Å². The van der Waals surface area contributed by atoms with Gasteiger partial charge < -0.3 is 9.84 Å². The predicted octanol–water partition coefficient (Wildman–Crippen LogP) is 0.675. The summed E-state index contributed by atoms with van der Waals surface area (Å²) in [5.74, 6) is -2.43. The highest BCUT2D eigenvalue weighted by molar-refractivity contribution is 7.89. The maximum absolute atomic E-state index is 13.5. The Kier molecular flexibility index (Phi) is 3.57. The molecule has 1 heterocycles. The quantitative estimate of drug-likeness (QED) is 0.881. The van der Waals surface area contributed by atoms with Gasteiger partial charge in [-0.15, -0.1) is 0 Å². The number of nitrogens with zero attached hydrogens (tertiary/aromatic N) is 1. The molecular weight excluding hydrogens is 277 g/mol. The number of carbonyl (C=O) groups is 1. The Morgan fingerprint density at radius 2 is 2.21 bits per heavy atom. The van der Waals surface area contributed by atoms with Gasteiger partial charge in [-0.3, -0.25) is 0 Å². The predicted molar refractivity (Wildman–Crippen MR) is 62.8 cm³/mol. The number of aromatic carboxylic acids is 1. The van der Waals surface area contributed by atoms with Gasteiger partial charge in [0.15, 0.2) is 0 Å². The van der Waals surface area contributed by atoms with E-state index in [2.05, 4.69) is 0 Å². The van der Waals surface area contributed by atoms with Crippen LogP contribution in [-0.4, -0.2) is 44.1 Å². The van der Waals surface area contributed by atoms with Crippen molar-refractivity contribution in [1.82, 2.24) is 4.31 Å². The van der Waals surface area contributed by atoms with Gasteiger partial charge in [0.05, 0.1) is 17.1 Å². The lowest BCUT2D eigenvalue weighted by molar-refractivity contribution is 0.0691. The maximum Gasteiger partial charge on any atom is 0.338 e. The van der Waals surface area contributed by atoms with Crippen LogP contribution in [0.15, 0.2) is 17.0 Å². The van der Waals surface area contributed by atoms with Crippen LogP contribution < -0.4 is 0 Å². The van der Waals surface area contributed by atoms with Crippen LogP contribution >= 0.6 is 0 Å². The molecule has 104 valence electrons. The number of hydrogen-bond acceptors (Lipinski definition) is 4.